The van der Waals surface area contributed by atoms with Crippen LogP contribution in [0, 0.1) is 0 Å². The van der Waals surface area contributed by atoms with Gasteiger partial charge in [-0.05, 0) is 48.2 Å². The summed E-state index contributed by atoms with van der Waals surface area (Å²) in [6, 6.07) is 15.8. The minimum absolute atomic E-state index is 0.0705. The number of nitrogens with zero attached hydrogens (tertiary/aromatic N) is 2. The van der Waals surface area contributed by atoms with Crippen molar-refractivity contribution in [2.45, 2.75) is 33.1 Å². The quantitative estimate of drug-likeness (QED) is 0.538. The molecule has 3 rings (SSSR count). The number of amides is 1. The van der Waals surface area contributed by atoms with Crippen molar-refractivity contribution in [3.8, 4) is 11.5 Å². The summed E-state index contributed by atoms with van der Waals surface area (Å²) in [4.78, 5) is 12.1. The molecular formula is C22H25N3O3S. The number of rotatable bonds is 10. The molecule has 0 spiro atoms. The summed E-state index contributed by atoms with van der Waals surface area (Å²) in [5.41, 5.74) is 2.45. The van der Waals surface area contributed by atoms with Crippen LogP contribution in [0.15, 0.2) is 48.5 Å². The Bertz CT molecular complexity index is 925. The van der Waals surface area contributed by atoms with E-state index in [0.29, 0.717) is 23.9 Å². The van der Waals surface area contributed by atoms with Crippen molar-refractivity contribution in [3.63, 3.8) is 0 Å². The molecule has 1 aromatic heterocycles. The van der Waals surface area contributed by atoms with Crippen LogP contribution in [-0.2, 0) is 24.1 Å². The first-order valence-electron chi connectivity index (χ1n) is 9.72. The molecular weight excluding hydrogens is 386 g/mol. The van der Waals surface area contributed by atoms with Gasteiger partial charge in [-0.3, -0.25) is 10.1 Å². The van der Waals surface area contributed by atoms with Crippen LogP contribution in [0.1, 0.15) is 30.0 Å². The Labute approximate surface area is 174 Å². The number of aromatic nitrogens is 2. The van der Waals surface area contributed by atoms with Crippen LogP contribution in [0.25, 0.3) is 0 Å². The van der Waals surface area contributed by atoms with Crippen LogP contribution in [0.5, 0.6) is 11.5 Å². The van der Waals surface area contributed by atoms with Crippen molar-refractivity contribution in [2.75, 3.05) is 18.5 Å². The Kier molecular flexibility index (Phi) is 7.58. The lowest BCUT2D eigenvalue weighted by atomic mass is 10.2. The van der Waals surface area contributed by atoms with E-state index in [4.69, 9.17) is 9.47 Å². The molecule has 0 radical (unpaired) electrons. The minimum atomic E-state index is -0.262. The summed E-state index contributed by atoms with van der Waals surface area (Å²) >= 11 is 1.34. The molecule has 7 heteroatoms. The van der Waals surface area contributed by atoms with Gasteiger partial charge in [0.2, 0.25) is 5.13 Å². The van der Waals surface area contributed by atoms with Gasteiger partial charge >= 0.3 is 0 Å². The fraction of sp³-hybridized carbons (Fsp3) is 0.318. The number of hydrogen-bond donors (Lipinski definition) is 1. The van der Waals surface area contributed by atoms with E-state index in [1.807, 2.05) is 36.4 Å². The zero-order valence-electron chi connectivity index (χ0n) is 16.7. The van der Waals surface area contributed by atoms with Crippen LogP contribution in [0.4, 0.5) is 5.13 Å². The monoisotopic (exact) mass is 411 g/mol. The zero-order valence-corrected chi connectivity index (χ0v) is 17.5. The molecule has 0 atom stereocenters. The third-order valence-corrected chi connectivity index (χ3v) is 5.20. The van der Waals surface area contributed by atoms with E-state index in [0.717, 1.165) is 23.6 Å². The van der Waals surface area contributed by atoms with E-state index >= 15 is 0 Å². The second kappa shape index (κ2) is 10.6. The van der Waals surface area contributed by atoms with E-state index in [9.17, 15) is 4.79 Å². The van der Waals surface area contributed by atoms with Gasteiger partial charge in [-0.15, -0.1) is 10.2 Å². The van der Waals surface area contributed by atoms with Crippen LogP contribution in [-0.4, -0.2) is 29.3 Å². The largest absolute Gasteiger partial charge is 0.493 e. The number of carbonyl (C=O) groups is 1. The number of benzene rings is 2. The number of aryl methyl sites for hydroxylation is 2. The van der Waals surface area contributed by atoms with Crippen LogP contribution < -0.4 is 14.8 Å². The molecule has 2 aromatic carbocycles. The standard InChI is InChI=1S/C22H25N3O3S/c1-3-16-8-10-18(11-9-16)27-13-12-21-24-25-22(29-21)23-20(26)15-28-19-7-5-6-17(4-2)14-19/h5-11,14H,3-4,12-13,15H2,1-2H3,(H,23,25,26). The number of carbonyl (C=O) groups excluding carboxylic acids is 1. The Balaban J connectivity index is 1.41. The summed E-state index contributed by atoms with van der Waals surface area (Å²) in [6.07, 6.45) is 2.56. The molecule has 0 bridgehead atoms. The van der Waals surface area contributed by atoms with E-state index < -0.39 is 0 Å². The van der Waals surface area contributed by atoms with Crippen LogP contribution >= 0.6 is 11.3 Å². The van der Waals surface area contributed by atoms with Crippen LogP contribution in [0.2, 0.25) is 0 Å². The van der Waals surface area contributed by atoms with Crippen molar-refractivity contribution >= 4 is 22.4 Å². The third kappa shape index (κ3) is 6.57. The molecule has 0 aliphatic heterocycles. The molecule has 1 heterocycles. The first-order valence-corrected chi connectivity index (χ1v) is 10.5. The van der Waals surface area contributed by atoms with Gasteiger partial charge in [-0.1, -0.05) is 49.4 Å². The first kappa shape index (κ1) is 20.8. The number of anilines is 1. The van der Waals surface area contributed by atoms with E-state index in [-0.39, 0.29) is 12.5 Å². The Morgan fingerprint density at radius 3 is 2.52 bits per heavy atom. The van der Waals surface area contributed by atoms with Gasteiger partial charge in [0.15, 0.2) is 6.61 Å². The normalized spacial score (nSPS) is 10.6. The van der Waals surface area contributed by atoms with Crippen molar-refractivity contribution in [1.29, 1.82) is 0 Å². The Morgan fingerprint density at radius 2 is 1.76 bits per heavy atom. The average molecular weight is 412 g/mol. The first-order chi connectivity index (χ1) is 14.2. The van der Waals surface area contributed by atoms with Gasteiger partial charge < -0.3 is 9.47 Å². The maximum absolute atomic E-state index is 12.1. The third-order valence-electron chi connectivity index (χ3n) is 4.31. The minimum Gasteiger partial charge on any atom is -0.493 e. The summed E-state index contributed by atoms with van der Waals surface area (Å²) in [5, 5.41) is 12.1. The highest BCUT2D eigenvalue weighted by atomic mass is 32.1. The number of nitrogens with one attached hydrogen (secondary N) is 1. The topological polar surface area (TPSA) is 73.3 Å². The van der Waals surface area contributed by atoms with Crippen LogP contribution in [0.3, 0.4) is 0 Å². The van der Waals surface area contributed by atoms with Gasteiger partial charge in [0.25, 0.3) is 5.91 Å². The van der Waals surface area contributed by atoms with Crippen molar-refractivity contribution in [3.05, 3.63) is 64.7 Å². The Hall–Kier alpha value is -2.93. The Morgan fingerprint density at radius 1 is 0.966 bits per heavy atom. The predicted molar refractivity (Wildman–Crippen MR) is 115 cm³/mol. The number of ether oxygens (including phenoxy) is 2. The highest BCUT2D eigenvalue weighted by Crippen LogP contribution is 2.18. The summed E-state index contributed by atoms with van der Waals surface area (Å²) in [5.74, 6) is 1.26. The van der Waals surface area contributed by atoms with Gasteiger partial charge in [0.1, 0.15) is 16.5 Å². The summed E-state index contributed by atoms with van der Waals surface area (Å²) in [6.45, 7) is 4.63. The summed E-state index contributed by atoms with van der Waals surface area (Å²) in [7, 11) is 0. The van der Waals surface area contributed by atoms with Crippen molar-refractivity contribution in [1.82, 2.24) is 10.2 Å². The smallest absolute Gasteiger partial charge is 0.264 e. The van der Waals surface area contributed by atoms with Crippen molar-refractivity contribution < 1.29 is 14.3 Å². The fourth-order valence-corrected chi connectivity index (χ4v) is 3.38. The molecule has 3 aromatic rings. The molecule has 152 valence electrons. The van der Waals surface area contributed by atoms with E-state index in [1.54, 1.807) is 0 Å². The maximum atomic E-state index is 12.1. The number of hydrogen-bond acceptors (Lipinski definition) is 6. The lowest BCUT2D eigenvalue weighted by molar-refractivity contribution is -0.118. The SMILES string of the molecule is CCc1ccc(OCCc2nnc(NC(=O)COc3cccc(CC)c3)s2)cc1. The molecule has 0 saturated carbocycles. The maximum Gasteiger partial charge on any atom is 0.264 e. The average Bonchev–Trinajstić information content (AvgIpc) is 3.20. The molecule has 0 saturated heterocycles. The van der Waals surface area contributed by atoms with Gasteiger partial charge in [0.05, 0.1) is 6.61 Å². The zero-order chi connectivity index (χ0) is 20.5. The fourth-order valence-electron chi connectivity index (χ4n) is 2.64. The molecule has 1 amide bonds. The molecule has 6 nitrogen and oxygen atoms in total. The molecule has 0 unspecified atom stereocenters. The highest BCUT2D eigenvalue weighted by molar-refractivity contribution is 7.15. The molecule has 0 fully saturated rings. The van der Waals surface area contributed by atoms with Gasteiger partial charge in [-0.2, -0.15) is 0 Å². The lowest BCUT2D eigenvalue weighted by Crippen LogP contribution is -2.20. The predicted octanol–water partition coefficient (Wildman–Crippen LogP) is 4.30. The van der Waals surface area contributed by atoms with Crippen molar-refractivity contribution in [2.24, 2.45) is 0 Å². The second-order valence-corrected chi connectivity index (χ2v) is 7.50. The summed E-state index contributed by atoms with van der Waals surface area (Å²) < 4.78 is 11.3. The molecule has 0 aliphatic rings. The second-order valence-electron chi connectivity index (χ2n) is 6.43. The van der Waals surface area contributed by atoms with E-state index in [2.05, 4.69) is 41.5 Å². The molecule has 1 N–H and O–H groups in total. The van der Waals surface area contributed by atoms with Gasteiger partial charge in [-0.25, -0.2) is 0 Å². The molecule has 0 aliphatic carbocycles. The van der Waals surface area contributed by atoms with E-state index in [1.165, 1.54) is 22.5 Å². The molecule has 29 heavy (non-hydrogen) atoms. The van der Waals surface area contributed by atoms with Gasteiger partial charge in [0, 0.05) is 6.42 Å². The highest BCUT2D eigenvalue weighted by Gasteiger charge is 2.09. The lowest BCUT2D eigenvalue weighted by Gasteiger charge is -2.06.